The van der Waals surface area contributed by atoms with Gasteiger partial charge in [-0.1, -0.05) is 13.8 Å². The van der Waals surface area contributed by atoms with Crippen LogP contribution in [0.15, 0.2) is 36.9 Å². The van der Waals surface area contributed by atoms with Crippen LogP contribution in [0, 0.1) is 5.92 Å². The number of hydrogen-bond donors (Lipinski definition) is 2. The first-order chi connectivity index (χ1) is 9.56. The number of rotatable bonds is 5. The average molecular weight is 346 g/mol. The second-order valence-corrected chi connectivity index (χ2v) is 5.04. The van der Waals surface area contributed by atoms with Crippen LogP contribution in [-0.4, -0.2) is 26.7 Å². The zero-order chi connectivity index (χ0) is 14.5. The number of aromatic nitrogens is 3. The van der Waals surface area contributed by atoms with Gasteiger partial charge in [-0.3, -0.25) is 14.5 Å². The van der Waals surface area contributed by atoms with Gasteiger partial charge in [0.25, 0.3) is 0 Å². The number of carbonyl (C=O) groups excluding carboxylic acids is 1. The van der Waals surface area contributed by atoms with Crippen molar-refractivity contribution in [2.45, 2.75) is 26.4 Å². The molecule has 0 aliphatic heterocycles. The van der Waals surface area contributed by atoms with Gasteiger partial charge >= 0.3 is 0 Å². The molecule has 22 heavy (non-hydrogen) atoms. The van der Waals surface area contributed by atoms with Crippen molar-refractivity contribution in [2.75, 3.05) is 5.32 Å². The number of nitrogens with one attached hydrogen (secondary N) is 1. The fourth-order valence-electron chi connectivity index (χ4n) is 1.72. The predicted octanol–water partition coefficient (Wildman–Crippen LogP) is 2.09. The van der Waals surface area contributed by atoms with Gasteiger partial charge in [0.2, 0.25) is 5.91 Å². The van der Waals surface area contributed by atoms with Crippen molar-refractivity contribution in [3.8, 4) is 0 Å². The molecule has 0 radical (unpaired) electrons. The van der Waals surface area contributed by atoms with E-state index in [1.54, 1.807) is 29.5 Å². The summed E-state index contributed by atoms with van der Waals surface area (Å²) in [6.07, 6.45) is 6.88. The van der Waals surface area contributed by atoms with Crippen LogP contribution < -0.4 is 11.1 Å². The van der Waals surface area contributed by atoms with Gasteiger partial charge in [0, 0.05) is 18.6 Å². The number of anilines is 1. The zero-order valence-corrected chi connectivity index (χ0v) is 14.1. The lowest BCUT2D eigenvalue weighted by atomic mass is 10.1. The summed E-state index contributed by atoms with van der Waals surface area (Å²) in [5.41, 5.74) is 7.54. The lowest BCUT2D eigenvalue weighted by Gasteiger charge is -2.14. The van der Waals surface area contributed by atoms with E-state index >= 15 is 0 Å². The fraction of sp³-hybridized carbons (Fsp3) is 0.357. The molecule has 8 heteroatoms. The van der Waals surface area contributed by atoms with Crippen molar-refractivity contribution in [1.29, 1.82) is 0 Å². The van der Waals surface area contributed by atoms with Gasteiger partial charge in [0.05, 0.1) is 24.5 Å². The molecule has 3 N–H and O–H groups in total. The predicted molar refractivity (Wildman–Crippen MR) is 91.5 cm³/mol. The molecule has 0 saturated carbocycles. The largest absolute Gasteiger partial charge is 0.322 e. The lowest BCUT2D eigenvalue weighted by molar-refractivity contribution is -0.118. The van der Waals surface area contributed by atoms with E-state index in [1.165, 1.54) is 0 Å². The van der Waals surface area contributed by atoms with E-state index < -0.39 is 6.04 Å². The number of hydrogen-bond acceptors (Lipinski definition) is 4. The minimum Gasteiger partial charge on any atom is -0.322 e. The zero-order valence-electron chi connectivity index (χ0n) is 12.5. The Kier molecular flexibility index (Phi) is 8.70. The molecule has 0 spiro atoms. The van der Waals surface area contributed by atoms with Gasteiger partial charge < -0.3 is 11.1 Å². The summed E-state index contributed by atoms with van der Waals surface area (Å²) in [4.78, 5) is 15.8. The van der Waals surface area contributed by atoms with Crippen LogP contribution in [0.5, 0.6) is 0 Å². The number of nitrogens with two attached hydrogens (primary N) is 1. The first kappa shape index (κ1) is 20.4. The SMILES string of the molecule is CC(C)[C@H](N)C(=O)Nc1cnn(Cc2ccncc2)c1.Cl.Cl. The van der Waals surface area contributed by atoms with Gasteiger partial charge in [-0.25, -0.2) is 0 Å². The Hall–Kier alpha value is -1.63. The Labute approximate surface area is 142 Å². The molecule has 1 atom stereocenters. The Bertz CT molecular complexity index is 574. The van der Waals surface area contributed by atoms with Crippen LogP contribution in [0.2, 0.25) is 0 Å². The summed E-state index contributed by atoms with van der Waals surface area (Å²) in [6, 6.07) is 3.34. The Balaban J connectivity index is 0.00000220. The normalized spacial score (nSPS) is 11.3. The number of amides is 1. The number of carbonyl (C=O) groups is 1. The first-order valence-electron chi connectivity index (χ1n) is 6.54. The van der Waals surface area contributed by atoms with Gasteiger partial charge in [0.1, 0.15) is 0 Å². The Morgan fingerprint density at radius 1 is 1.32 bits per heavy atom. The molecular weight excluding hydrogens is 325 g/mol. The molecule has 0 aliphatic carbocycles. The molecule has 0 fully saturated rings. The molecule has 2 aromatic rings. The van der Waals surface area contributed by atoms with Crippen molar-refractivity contribution in [2.24, 2.45) is 11.7 Å². The molecule has 2 heterocycles. The molecule has 122 valence electrons. The highest BCUT2D eigenvalue weighted by Gasteiger charge is 2.17. The quantitative estimate of drug-likeness (QED) is 0.868. The summed E-state index contributed by atoms with van der Waals surface area (Å²) in [5.74, 6) is -0.0923. The number of halogens is 2. The van der Waals surface area contributed by atoms with Gasteiger partial charge in [-0.15, -0.1) is 24.8 Å². The van der Waals surface area contributed by atoms with E-state index in [9.17, 15) is 4.79 Å². The molecule has 2 aromatic heterocycles. The first-order valence-corrected chi connectivity index (χ1v) is 6.54. The van der Waals surface area contributed by atoms with Crippen LogP contribution >= 0.6 is 24.8 Å². The topological polar surface area (TPSA) is 85.8 Å². The fourth-order valence-corrected chi connectivity index (χ4v) is 1.72. The summed E-state index contributed by atoms with van der Waals surface area (Å²) in [5, 5.41) is 6.98. The van der Waals surface area contributed by atoms with Crippen molar-refractivity contribution in [1.82, 2.24) is 14.8 Å². The third kappa shape index (κ3) is 5.63. The lowest BCUT2D eigenvalue weighted by Crippen LogP contribution is -2.39. The van der Waals surface area contributed by atoms with Crippen LogP contribution in [0.1, 0.15) is 19.4 Å². The number of nitrogens with zero attached hydrogens (tertiary/aromatic N) is 3. The highest BCUT2D eigenvalue weighted by atomic mass is 35.5. The molecule has 0 unspecified atom stereocenters. The van der Waals surface area contributed by atoms with Crippen LogP contribution in [0.25, 0.3) is 0 Å². The average Bonchev–Trinajstić information content (AvgIpc) is 2.86. The molecule has 0 bridgehead atoms. The minimum absolute atomic E-state index is 0. The third-order valence-corrected chi connectivity index (χ3v) is 3.02. The van der Waals surface area contributed by atoms with Gasteiger partial charge in [-0.2, -0.15) is 5.10 Å². The van der Waals surface area contributed by atoms with Crippen molar-refractivity contribution in [3.63, 3.8) is 0 Å². The van der Waals surface area contributed by atoms with E-state index in [2.05, 4.69) is 15.4 Å². The smallest absolute Gasteiger partial charge is 0.241 e. The second-order valence-electron chi connectivity index (χ2n) is 5.04. The van der Waals surface area contributed by atoms with Crippen LogP contribution in [0.4, 0.5) is 5.69 Å². The maximum atomic E-state index is 11.8. The highest BCUT2D eigenvalue weighted by molar-refractivity contribution is 5.94. The minimum atomic E-state index is -0.515. The summed E-state index contributed by atoms with van der Waals surface area (Å²) >= 11 is 0. The molecule has 0 aromatic carbocycles. The van der Waals surface area contributed by atoms with Gasteiger partial charge in [0.15, 0.2) is 0 Å². The van der Waals surface area contributed by atoms with E-state index in [4.69, 9.17) is 5.73 Å². The molecule has 1 amide bonds. The third-order valence-electron chi connectivity index (χ3n) is 3.02. The van der Waals surface area contributed by atoms with Crippen molar-refractivity contribution >= 4 is 36.4 Å². The molecule has 0 aliphatic rings. The van der Waals surface area contributed by atoms with Gasteiger partial charge in [-0.05, 0) is 23.6 Å². The Morgan fingerprint density at radius 3 is 2.55 bits per heavy atom. The summed E-state index contributed by atoms with van der Waals surface area (Å²) < 4.78 is 1.76. The van der Waals surface area contributed by atoms with Crippen molar-refractivity contribution < 1.29 is 4.79 Å². The maximum absolute atomic E-state index is 11.8. The van der Waals surface area contributed by atoms with E-state index in [0.29, 0.717) is 12.2 Å². The highest BCUT2D eigenvalue weighted by Crippen LogP contribution is 2.09. The van der Waals surface area contributed by atoms with Crippen LogP contribution in [0.3, 0.4) is 0 Å². The molecule has 6 nitrogen and oxygen atoms in total. The van der Waals surface area contributed by atoms with E-state index in [1.807, 2.05) is 26.0 Å². The van der Waals surface area contributed by atoms with Crippen molar-refractivity contribution in [3.05, 3.63) is 42.5 Å². The molecular formula is C14H21Cl2N5O. The summed E-state index contributed by atoms with van der Waals surface area (Å²) in [7, 11) is 0. The molecule has 2 rings (SSSR count). The van der Waals surface area contributed by atoms with E-state index in [-0.39, 0.29) is 36.6 Å². The van der Waals surface area contributed by atoms with E-state index in [0.717, 1.165) is 5.56 Å². The second kappa shape index (κ2) is 9.40. The monoisotopic (exact) mass is 345 g/mol. The summed E-state index contributed by atoms with van der Waals surface area (Å²) in [6.45, 7) is 4.46. The van der Waals surface area contributed by atoms with Crippen LogP contribution in [-0.2, 0) is 11.3 Å². The number of pyridine rings is 1. The Morgan fingerprint density at radius 2 is 1.95 bits per heavy atom. The standard InChI is InChI=1S/C14H19N5O.2ClH/c1-10(2)13(15)14(20)18-12-7-17-19(9-12)8-11-3-5-16-6-4-11;;/h3-7,9-10,13H,8,15H2,1-2H3,(H,18,20);2*1H/t13-;;/m0../s1. The molecule has 0 saturated heterocycles. The maximum Gasteiger partial charge on any atom is 0.241 e.